The highest BCUT2D eigenvalue weighted by Gasteiger charge is 2.33. The minimum Gasteiger partial charge on any atom is -0.343 e. The topological polar surface area (TPSA) is 46.3 Å². The predicted octanol–water partition coefficient (Wildman–Crippen LogP) is 2.01. The molecule has 1 fully saturated rings. The minimum atomic E-state index is 0.0442. The Morgan fingerprint density at radius 1 is 1.50 bits per heavy atom. The van der Waals surface area contributed by atoms with E-state index in [1.807, 2.05) is 11.9 Å². The molecule has 3 nitrogen and oxygen atoms in total. The van der Waals surface area contributed by atoms with E-state index < -0.39 is 0 Å². The maximum absolute atomic E-state index is 12.3. The molecule has 0 heterocycles. The van der Waals surface area contributed by atoms with Crippen LogP contribution in [0.2, 0.25) is 0 Å². The third-order valence-corrected chi connectivity index (χ3v) is 4.08. The van der Waals surface area contributed by atoms with E-state index in [2.05, 4.69) is 20.8 Å². The molecular formula is C13H26N2O. The van der Waals surface area contributed by atoms with Crippen molar-refractivity contribution in [2.24, 2.45) is 17.6 Å². The van der Waals surface area contributed by atoms with E-state index >= 15 is 0 Å². The second-order valence-electron chi connectivity index (χ2n) is 5.39. The first-order chi connectivity index (χ1) is 7.47. The van der Waals surface area contributed by atoms with E-state index in [-0.39, 0.29) is 17.9 Å². The van der Waals surface area contributed by atoms with Crippen molar-refractivity contribution in [2.45, 2.75) is 58.5 Å². The molecule has 4 unspecified atom stereocenters. The Morgan fingerprint density at radius 3 is 2.69 bits per heavy atom. The number of carbonyl (C=O) groups excluding carboxylic acids is 1. The lowest BCUT2D eigenvalue weighted by atomic mass is 9.78. The summed E-state index contributed by atoms with van der Waals surface area (Å²) in [5.74, 6) is 0.926. The van der Waals surface area contributed by atoms with Gasteiger partial charge in [0, 0.05) is 19.1 Å². The van der Waals surface area contributed by atoms with Gasteiger partial charge in [-0.15, -0.1) is 0 Å². The van der Waals surface area contributed by atoms with Crippen molar-refractivity contribution in [2.75, 3.05) is 7.05 Å². The highest BCUT2D eigenvalue weighted by molar-refractivity contribution is 5.79. The molecule has 1 aliphatic carbocycles. The van der Waals surface area contributed by atoms with Crippen molar-refractivity contribution in [3.8, 4) is 0 Å². The molecule has 16 heavy (non-hydrogen) atoms. The first kappa shape index (κ1) is 13.5. The normalized spacial score (nSPS) is 32.2. The van der Waals surface area contributed by atoms with Crippen LogP contribution in [-0.4, -0.2) is 29.9 Å². The Bertz CT molecular complexity index is 242. The van der Waals surface area contributed by atoms with Crippen LogP contribution in [0, 0.1) is 11.8 Å². The van der Waals surface area contributed by atoms with Crippen molar-refractivity contribution < 1.29 is 4.79 Å². The summed E-state index contributed by atoms with van der Waals surface area (Å²) >= 11 is 0. The van der Waals surface area contributed by atoms with Gasteiger partial charge in [0.25, 0.3) is 0 Å². The molecule has 0 bridgehead atoms. The summed E-state index contributed by atoms with van der Waals surface area (Å²) in [6.07, 6.45) is 4.12. The van der Waals surface area contributed by atoms with Crippen LogP contribution in [0.4, 0.5) is 0 Å². The van der Waals surface area contributed by atoms with E-state index in [9.17, 15) is 4.79 Å². The number of carbonyl (C=O) groups is 1. The van der Waals surface area contributed by atoms with Crippen molar-refractivity contribution in [1.29, 1.82) is 0 Å². The van der Waals surface area contributed by atoms with Crippen molar-refractivity contribution >= 4 is 5.91 Å². The van der Waals surface area contributed by atoms with Crippen LogP contribution in [0.1, 0.15) is 46.5 Å². The minimum absolute atomic E-state index is 0.0442. The molecule has 0 aromatic heterocycles. The average molecular weight is 226 g/mol. The summed E-state index contributed by atoms with van der Waals surface area (Å²) in [7, 11) is 1.91. The van der Waals surface area contributed by atoms with E-state index in [4.69, 9.17) is 5.73 Å². The predicted molar refractivity (Wildman–Crippen MR) is 67.0 cm³/mol. The fourth-order valence-electron chi connectivity index (χ4n) is 2.44. The smallest absolute Gasteiger partial charge is 0.227 e. The SMILES string of the molecule is CCC(C)N(C)C(=O)C1CC(C)CCC1N. The first-order valence-corrected chi connectivity index (χ1v) is 6.49. The first-order valence-electron chi connectivity index (χ1n) is 6.49. The highest BCUT2D eigenvalue weighted by atomic mass is 16.2. The Balaban J connectivity index is 2.64. The number of hydrogen-bond acceptors (Lipinski definition) is 2. The van der Waals surface area contributed by atoms with Gasteiger partial charge in [-0.1, -0.05) is 13.8 Å². The van der Waals surface area contributed by atoms with Crippen LogP contribution in [0.25, 0.3) is 0 Å². The average Bonchev–Trinajstić information content (AvgIpc) is 2.29. The third-order valence-electron chi connectivity index (χ3n) is 4.08. The molecule has 1 saturated carbocycles. The molecule has 0 radical (unpaired) electrons. The standard InChI is InChI=1S/C13H26N2O/c1-5-10(3)15(4)13(16)11-8-9(2)6-7-12(11)14/h9-12H,5-8,14H2,1-4H3. The molecule has 4 atom stereocenters. The Labute approximate surface area is 99.4 Å². The summed E-state index contributed by atoms with van der Waals surface area (Å²) < 4.78 is 0. The molecule has 0 saturated heterocycles. The van der Waals surface area contributed by atoms with E-state index in [0.717, 1.165) is 25.7 Å². The van der Waals surface area contributed by atoms with Crippen LogP contribution < -0.4 is 5.73 Å². The summed E-state index contributed by atoms with van der Waals surface area (Å²) in [6.45, 7) is 6.42. The molecule has 0 aromatic carbocycles. The maximum Gasteiger partial charge on any atom is 0.227 e. The molecule has 0 aliphatic heterocycles. The largest absolute Gasteiger partial charge is 0.343 e. The molecular weight excluding hydrogens is 200 g/mol. The molecule has 3 heteroatoms. The quantitative estimate of drug-likeness (QED) is 0.800. The van der Waals surface area contributed by atoms with Crippen LogP contribution in [-0.2, 0) is 4.79 Å². The summed E-state index contributed by atoms with van der Waals surface area (Å²) in [5, 5.41) is 0. The molecule has 0 aromatic rings. The van der Waals surface area contributed by atoms with E-state index in [0.29, 0.717) is 12.0 Å². The fraction of sp³-hybridized carbons (Fsp3) is 0.923. The van der Waals surface area contributed by atoms with Gasteiger partial charge in [-0.3, -0.25) is 4.79 Å². The van der Waals surface area contributed by atoms with Gasteiger partial charge >= 0.3 is 0 Å². The van der Waals surface area contributed by atoms with Gasteiger partial charge in [-0.2, -0.15) is 0 Å². The number of amides is 1. The molecule has 2 N–H and O–H groups in total. The Morgan fingerprint density at radius 2 is 2.12 bits per heavy atom. The van der Waals surface area contributed by atoms with Crippen LogP contribution in [0.3, 0.4) is 0 Å². The third kappa shape index (κ3) is 2.97. The Hall–Kier alpha value is -0.570. The van der Waals surface area contributed by atoms with Gasteiger partial charge in [-0.25, -0.2) is 0 Å². The number of nitrogens with two attached hydrogens (primary N) is 1. The zero-order chi connectivity index (χ0) is 12.3. The second kappa shape index (κ2) is 5.67. The summed E-state index contributed by atoms with van der Waals surface area (Å²) in [6, 6.07) is 0.382. The lowest BCUT2D eigenvalue weighted by Gasteiger charge is -2.35. The number of hydrogen-bond donors (Lipinski definition) is 1. The van der Waals surface area contributed by atoms with Crippen LogP contribution in [0.15, 0.2) is 0 Å². The van der Waals surface area contributed by atoms with E-state index in [1.165, 1.54) is 0 Å². The summed E-state index contributed by atoms with van der Waals surface area (Å²) in [4.78, 5) is 14.2. The monoisotopic (exact) mass is 226 g/mol. The lowest BCUT2D eigenvalue weighted by molar-refractivity contribution is -0.138. The van der Waals surface area contributed by atoms with Gasteiger partial charge in [0.15, 0.2) is 0 Å². The molecule has 1 amide bonds. The number of nitrogens with zero attached hydrogens (tertiary/aromatic N) is 1. The summed E-state index contributed by atoms with van der Waals surface area (Å²) in [5.41, 5.74) is 6.07. The number of rotatable bonds is 3. The molecule has 0 spiro atoms. The zero-order valence-electron chi connectivity index (χ0n) is 11.1. The van der Waals surface area contributed by atoms with Crippen molar-refractivity contribution in [1.82, 2.24) is 4.90 Å². The highest BCUT2D eigenvalue weighted by Crippen LogP contribution is 2.29. The van der Waals surface area contributed by atoms with Crippen LogP contribution in [0.5, 0.6) is 0 Å². The molecule has 1 aliphatic rings. The lowest BCUT2D eigenvalue weighted by Crippen LogP contribution is -2.48. The van der Waals surface area contributed by atoms with Gasteiger partial charge in [0.1, 0.15) is 0 Å². The van der Waals surface area contributed by atoms with Gasteiger partial charge in [0.2, 0.25) is 5.91 Å². The fourth-order valence-corrected chi connectivity index (χ4v) is 2.44. The molecule has 94 valence electrons. The van der Waals surface area contributed by atoms with Gasteiger partial charge in [-0.05, 0) is 38.5 Å². The second-order valence-corrected chi connectivity index (χ2v) is 5.39. The zero-order valence-corrected chi connectivity index (χ0v) is 11.1. The molecule has 1 rings (SSSR count). The maximum atomic E-state index is 12.3. The van der Waals surface area contributed by atoms with Gasteiger partial charge < -0.3 is 10.6 Å². The van der Waals surface area contributed by atoms with Crippen molar-refractivity contribution in [3.63, 3.8) is 0 Å². The van der Waals surface area contributed by atoms with Gasteiger partial charge in [0.05, 0.1) is 5.92 Å². The Kier molecular flexibility index (Phi) is 4.78. The van der Waals surface area contributed by atoms with Crippen molar-refractivity contribution in [3.05, 3.63) is 0 Å². The van der Waals surface area contributed by atoms with E-state index in [1.54, 1.807) is 0 Å². The van der Waals surface area contributed by atoms with Crippen LogP contribution >= 0.6 is 0 Å².